The number of rotatable bonds is 3. The SMILES string of the molecule is O=C(Nc1ccc(C(=O)O)cc1)NC1CCCCCC1O. The number of carboxylic acids is 1. The summed E-state index contributed by atoms with van der Waals surface area (Å²) in [6.07, 6.45) is 4.03. The summed E-state index contributed by atoms with van der Waals surface area (Å²) in [6.45, 7) is 0. The first-order valence-electron chi connectivity index (χ1n) is 7.15. The van der Waals surface area contributed by atoms with Gasteiger partial charge in [0, 0.05) is 5.69 Å². The molecule has 1 aliphatic rings. The molecular weight excluding hydrogens is 272 g/mol. The molecular formula is C15H20N2O4. The lowest BCUT2D eigenvalue weighted by molar-refractivity contribution is 0.0697. The second-order valence-electron chi connectivity index (χ2n) is 5.29. The molecule has 1 aromatic rings. The number of aliphatic hydroxyl groups excluding tert-OH is 1. The van der Waals surface area contributed by atoms with Gasteiger partial charge in [-0.15, -0.1) is 0 Å². The summed E-state index contributed by atoms with van der Waals surface area (Å²) in [5.74, 6) is -1.01. The summed E-state index contributed by atoms with van der Waals surface area (Å²) in [4.78, 5) is 22.6. The van der Waals surface area contributed by atoms with E-state index in [0.29, 0.717) is 12.1 Å². The van der Waals surface area contributed by atoms with Gasteiger partial charge in [-0.3, -0.25) is 0 Å². The third-order valence-corrected chi connectivity index (χ3v) is 3.69. The lowest BCUT2D eigenvalue weighted by atomic mass is 10.1. The molecule has 0 aromatic heterocycles. The summed E-state index contributed by atoms with van der Waals surface area (Å²) >= 11 is 0. The van der Waals surface area contributed by atoms with E-state index in [0.717, 1.165) is 25.7 Å². The number of nitrogens with one attached hydrogen (secondary N) is 2. The van der Waals surface area contributed by atoms with Crippen LogP contribution < -0.4 is 10.6 Å². The number of aliphatic hydroxyl groups is 1. The molecule has 6 nitrogen and oxygen atoms in total. The zero-order valence-corrected chi connectivity index (χ0v) is 11.7. The average molecular weight is 292 g/mol. The van der Waals surface area contributed by atoms with Crippen molar-refractivity contribution in [2.45, 2.75) is 44.2 Å². The van der Waals surface area contributed by atoms with Gasteiger partial charge in [0.25, 0.3) is 0 Å². The Balaban J connectivity index is 1.90. The van der Waals surface area contributed by atoms with Gasteiger partial charge in [-0.1, -0.05) is 19.3 Å². The van der Waals surface area contributed by atoms with E-state index in [1.54, 1.807) is 0 Å². The summed E-state index contributed by atoms with van der Waals surface area (Å²) in [6, 6.07) is 5.31. The highest BCUT2D eigenvalue weighted by Crippen LogP contribution is 2.18. The highest BCUT2D eigenvalue weighted by Gasteiger charge is 2.23. The van der Waals surface area contributed by atoms with Gasteiger partial charge in [0.1, 0.15) is 0 Å². The van der Waals surface area contributed by atoms with Crippen LogP contribution >= 0.6 is 0 Å². The van der Waals surface area contributed by atoms with Crippen molar-refractivity contribution in [1.29, 1.82) is 0 Å². The van der Waals surface area contributed by atoms with Crippen molar-refractivity contribution in [2.24, 2.45) is 0 Å². The molecule has 21 heavy (non-hydrogen) atoms. The Kier molecular flexibility index (Phi) is 5.16. The Bertz CT molecular complexity index is 501. The maximum atomic E-state index is 11.9. The number of benzene rings is 1. The normalized spacial score (nSPS) is 22.1. The summed E-state index contributed by atoms with van der Waals surface area (Å²) in [7, 11) is 0. The van der Waals surface area contributed by atoms with Crippen LogP contribution in [-0.4, -0.2) is 34.4 Å². The fourth-order valence-corrected chi connectivity index (χ4v) is 2.49. The first-order valence-corrected chi connectivity index (χ1v) is 7.15. The predicted octanol–water partition coefficient (Wildman–Crippen LogP) is 2.20. The summed E-state index contributed by atoms with van der Waals surface area (Å²) < 4.78 is 0. The van der Waals surface area contributed by atoms with Crippen molar-refractivity contribution in [3.63, 3.8) is 0 Å². The topological polar surface area (TPSA) is 98.7 Å². The number of aromatic carboxylic acids is 1. The molecule has 0 aliphatic heterocycles. The van der Waals surface area contributed by atoms with Crippen molar-refractivity contribution >= 4 is 17.7 Å². The highest BCUT2D eigenvalue weighted by atomic mass is 16.4. The second-order valence-corrected chi connectivity index (χ2v) is 5.29. The molecule has 0 saturated heterocycles. The van der Waals surface area contributed by atoms with Crippen LogP contribution in [-0.2, 0) is 0 Å². The fraction of sp³-hybridized carbons (Fsp3) is 0.467. The zero-order valence-electron chi connectivity index (χ0n) is 11.7. The van der Waals surface area contributed by atoms with E-state index in [9.17, 15) is 14.7 Å². The number of carbonyl (C=O) groups excluding carboxylic acids is 1. The van der Waals surface area contributed by atoms with Gasteiger partial charge in [-0.2, -0.15) is 0 Å². The summed E-state index contributed by atoms with van der Waals surface area (Å²) in [5, 5.41) is 24.2. The van der Waals surface area contributed by atoms with Gasteiger partial charge in [0.05, 0.1) is 17.7 Å². The van der Waals surface area contributed by atoms with E-state index in [-0.39, 0.29) is 17.6 Å². The van der Waals surface area contributed by atoms with Crippen LogP contribution in [0.15, 0.2) is 24.3 Å². The number of amides is 2. The number of carbonyl (C=O) groups is 2. The van der Waals surface area contributed by atoms with E-state index in [4.69, 9.17) is 5.11 Å². The van der Waals surface area contributed by atoms with Crippen LogP contribution in [0.2, 0.25) is 0 Å². The Morgan fingerprint density at radius 2 is 1.71 bits per heavy atom. The Morgan fingerprint density at radius 1 is 1.05 bits per heavy atom. The molecule has 2 rings (SSSR count). The lowest BCUT2D eigenvalue weighted by Crippen LogP contribution is -2.44. The molecule has 1 fully saturated rings. The quantitative estimate of drug-likeness (QED) is 0.642. The lowest BCUT2D eigenvalue weighted by Gasteiger charge is -2.21. The molecule has 0 heterocycles. The molecule has 2 atom stereocenters. The number of urea groups is 1. The molecule has 1 aliphatic carbocycles. The molecule has 114 valence electrons. The molecule has 2 unspecified atom stereocenters. The van der Waals surface area contributed by atoms with E-state index in [1.165, 1.54) is 24.3 Å². The number of carboxylic acid groups (broad SMARTS) is 1. The minimum Gasteiger partial charge on any atom is -0.478 e. The van der Waals surface area contributed by atoms with Crippen LogP contribution in [0.3, 0.4) is 0 Å². The minimum absolute atomic E-state index is 0.167. The Labute approximate surface area is 123 Å². The van der Waals surface area contributed by atoms with Gasteiger partial charge in [-0.05, 0) is 37.1 Å². The van der Waals surface area contributed by atoms with Crippen LogP contribution in [0.4, 0.5) is 10.5 Å². The van der Waals surface area contributed by atoms with Crippen molar-refractivity contribution in [3.05, 3.63) is 29.8 Å². The third kappa shape index (κ3) is 4.46. The van der Waals surface area contributed by atoms with E-state index < -0.39 is 12.1 Å². The van der Waals surface area contributed by atoms with Crippen molar-refractivity contribution in [2.75, 3.05) is 5.32 Å². The fourth-order valence-electron chi connectivity index (χ4n) is 2.49. The van der Waals surface area contributed by atoms with Crippen LogP contribution in [0.5, 0.6) is 0 Å². The smallest absolute Gasteiger partial charge is 0.335 e. The maximum absolute atomic E-state index is 11.9. The van der Waals surface area contributed by atoms with Crippen LogP contribution in [0, 0.1) is 0 Å². The van der Waals surface area contributed by atoms with Gasteiger partial charge in [0.2, 0.25) is 0 Å². The molecule has 0 radical (unpaired) electrons. The molecule has 6 heteroatoms. The first kappa shape index (κ1) is 15.3. The average Bonchev–Trinajstić information content (AvgIpc) is 2.65. The van der Waals surface area contributed by atoms with Gasteiger partial charge < -0.3 is 20.8 Å². The number of hydrogen-bond donors (Lipinski definition) is 4. The predicted molar refractivity (Wildman–Crippen MR) is 78.4 cm³/mol. The van der Waals surface area contributed by atoms with E-state index in [2.05, 4.69) is 10.6 Å². The molecule has 1 aromatic carbocycles. The van der Waals surface area contributed by atoms with Gasteiger partial charge >= 0.3 is 12.0 Å². The first-order chi connectivity index (χ1) is 10.1. The monoisotopic (exact) mass is 292 g/mol. The second kappa shape index (κ2) is 7.08. The van der Waals surface area contributed by atoms with Gasteiger partial charge in [0.15, 0.2) is 0 Å². The molecule has 0 bridgehead atoms. The Hall–Kier alpha value is -2.08. The molecule has 4 N–H and O–H groups in total. The maximum Gasteiger partial charge on any atom is 0.335 e. The number of hydrogen-bond acceptors (Lipinski definition) is 3. The van der Waals surface area contributed by atoms with Crippen molar-refractivity contribution in [1.82, 2.24) is 5.32 Å². The third-order valence-electron chi connectivity index (χ3n) is 3.69. The van der Waals surface area contributed by atoms with Gasteiger partial charge in [-0.25, -0.2) is 9.59 Å². The van der Waals surface area contributed by atoms with E-state index >= 15 is 0 Å². The molecule has 1 saturated carbocycles. The summed E-state index contributed by atoms with van der Waals surface area (Å²) in [5.41, 5.74) is 0.681. The van der Waals surface area contributed by atoms with Crippen molar-refractivity contribution < 1.29 is 19.8 Å². The molecule has 0 spiro atoms. The zero-order chi connectivity index (χ0) is 15.2. The molecule has 2 amide bonds. The minimum atomic E-state index is -1.01. The van der Waals surface area contributed by atoms with Crippen LogP contribution in [0.1, 0.15) is 42.5 Å². The van der Waals surface area contributed by atoms with E-state index in [1.807, 2.05) is 0 Å². The largest absolute Gasteiger partial charge is 0.478 e. The van der Waals surface area contributed by atoms with Crippen LogP contribution in [0.25, 0.3) is 0 Å². The number of anilines is 1. The highest BCUT2D eigenvalue weighted by molar-refractivity contribution is 5.91. The standard InChI is InChI=1S/C15H20N2O4/c18-13-5-3-1-2-4-12(13)17-15(21)16-11-8-6-10(7-9-11)14(19)20/h6-9,12-13,18H,1-5H2,(H,19,20)(H2,16,17,21). The van der Waals surface area contributed by atoms with Crippen molar-refractivity contribution in [3.8, 4) is 0 Å². The Morgan fingerprint density at radius 3 is 2.38 bits per heavy atom.